The van der Waals surface area contributed by atoms with E-state index in [1.54, 1.807) is 6.92 Å². The first-order valence-corrected chi connectivity index (χ1v) is 8.64. The van der Waals surface area contributed by atoms with Gasteiger partial charge in [0.25, 0.3) is 5.91 Å². The van der Waals surface area contributed by atoms with E-state index in [0.29, 0.717) is 12.3 Å². The van der Waals surface area contributed by atoms with Crippen LogP contribution in [0.1, 0.15) is 29.8 Å². The number of amides is 1. The van der Waals surface area contributed by atoms with Crippen LogP contribution >= 0.6 is 0 Å². The van der Waals surface area contributed by atoms with Crippen LogP contribution < -0.4 is 15.0 Å². The second-order valence-corrected chi connectivity index (χ2v) is 6.00. The number of likely N-dealkylation sites (N-methyl/N-ethyl adjacent to an activating group) is 1. The van der Waals surface area contributed by atoms with Gasteiger partial charge in [-0.25, -0.2) is 0 Å². The number of anilines is 2. The Morgan fingerprint density at radius 1 is 1.27 bits per heavy atom. The number of nitro groups is 1. The van der Waals surface area contributed by atoms with Crippen molar-refractivity contribution < 1.29 is 14.5 Å². The first-order valence-electron chi connectivity index (χ1n) is 8.64. The van der Waals surface area contributed by atoms with Crippen LogP contribution in [0, 0.1) is 10.1 Å². The molecule has 26 heavy (non-hydrogen) atoms. The Labute approximate surface area is 151 Å². The van der Waals surface area contributed by atoms with E-state index in [0.717, 1.165) is 25.2 Å². The van der Waals surface area contributed by atoms with Crippen molar-refractivity contribution in [3.05, 3.63) is 57.6 Å². The van der Waals surface area contributed by atoms with Gasteiger partial charge in [-0.2, -0.15) is 0 Å². The van der Waals surface area contributed by atoms with E-state index in [9.17, 15) is 14.9 Å². The molecule has 2 aromatic rings. The lowest BCUT2D eigenvalue weighted by molar-refractivity contribution is -0.385. The van der Waals surface area contributed by atoms with Crippen molar-refractivity contribution in [2.24, 2.45) is 0 Å². The van der Waals surface area contributed by atoms with Gasteiger partial charge in [0.05, 0.1) is 11.5 Å². The molecule has 0 saturated carbocycles. The summed E-state index contributed by atoms with van der Waals surface area (Å²) in [6, 6.07) is 10.1. The molecule has 1 heterocycles. The molecule has 7 nitrogen and oxygen atoms in total. The van der Waals surface area contributed by atoms with E-state index >= 15 is 0 Å². The number of hydrogen-bond donors (Lipinski definition) is 1. The molecule has 0 unspecified atom stereocenters. The molecule has 1 aliphatic rings. The molecule has 0 fully saturated rings. The van der Waals surface area contributed by atoms with Gasteiger partial charge in [0, 0.05) is 36.1 Å². The molecule has 0 aliphatic carbocycles. The molecule has 0 saturated heterocycles. The summed E-state index contributed by atoms with van der Waals surface area (Å²) in [4.78, 5) is 25.4. The largest absolute Gasteiger partial charge is 0.487 e. The van der Waals surface area contributed by atoms with Gasteiger partial charge < -0.3 is 15.0 Å². The highest BCUT2D eigenvalue weighted by molar-refractivity contribution is 6.05. The van der Waals surface area contributed by atoms with Crippen LogP contribution in [0.3, 0.4) is 0 Å². The number of ether oxygens (including phenoxy) is 1. The number of nitrogens with one attached hydrogen (secondary N) is 1. The van der Waals surface area contributed by atoms with Gasteiger partial charge in [-0.05, 0) is 50.1 Å². The molecule has 0 bridgehead atoms. The molecule has 1 N–H and O–H groups in total. The number of benzene rings is 2. The predicted molar refractivity (Wildman–Crippen MR) is 100 cm³/mol. The molecule has 0 radical (unpaired) electrons. The summed E-state index contributed by atoms with van der Waals surface area (Å²) in [7, 11) is 0. The summed E-state index contributed by atoms with van der Waals surface area (Å²) in [5.41, 5.74) is 3.06. The monoisotopic (exact) mass is 355 g/mol. The average Bonchev–Trinajstić information content (AvgIpc) is 3.04. The number of nitrogens with zero attached hydrogens (tertiary/aromatic N) is 2. The highest BCUT2D eigenvalue weighted by atomic mass is 16.6. The van der Waals surface area contributed by atoms with Crippen molar-refractivity contribution in [1.29, 1.82) is 0 Å². The van der Waals surface area contributed by atoms with Crippen LogP contribution in [0.25, 0.3) is 0 Å². The fourth-order valence-corrected chi connectivity index (χ4v) is 3.13. The molecular formula is C19H21N3O4. The molecule has 0 aromatic heterocycles. The smallest absolute Gasteiger partial charge is 0.311 e. The van der Waals surface area contributed by atoms with E-state index < -0.39 is 10.8 Å². The van der Waals surface area contributed by atoms with Gasteiger partial charge in [-0.3, -0.25) is 14.9 Å². The van der Waals surface area contributed by atoms with Crippen molar-refractivity contribution in [2.45, 2.75) is 20.3 Å². The zero-order valence-corrected chi connectivity index (χ0v) is 14.8. The highest BCUT2D eigenvalue weighted by Crippen LogP contribution is 2.31. The van der Waals surface area contributed by atoms with E-state index in [-0.39, 0.29) is 17.0 Å². The first-order chi connectivity index (χ1) is 12.5. The fourth-order valence-electron chi connectivity index (χ4n) is 3.13. The van der Waals surface area contributed by atoms with Crippen molar-refractivity contribution in [1.82, 2.24) is 0 Å². The third kappa shape index (κ3) is 3.46. The number of rotatable bonds is 6. The van der Waals surface area contributed by atoms with Crippen molar-refractivity contribution in [3.63, 3.8) is 0 Å². The van der Waals surface area contributed by atoms with E-state index in [2.05, 4.69) is 17.1 Å². The van der Waals surface area contributed by atoms with Crippen LogP contribution in [-0.4, -0.2) is 30.5 Å². The third-order valence-corrected chi connectivity index (χ3v) is 4.43. The lowest BCUT2D eigenvalue weighted by Crippen LogP contribution is -2.19. The zero-order chi connectivity index (χ0) is 18.7. The summed E-state index contributed by atoms with van der Waals surface area (Å²) in [6.45, 7) is 6.05. The van der Waals surface area contributed by atoms with Crippen LogP contribution in [-0.2, 0) is 6.42 Å². The molecular weight excluding hydrogens is 334 g/mol. The summed E-state index contributed by atoms with van der Waals surface area (Å²) < 4.78 is 5.25. The quantitative estimate of drug-likeness (QED) is 0.632. The minimum absolute atomic E-state index is 0.158. The highest BCUT2D eigenvalue weighted by Gasteiger charge is 2.20. The van der Waals surface area contributed by atoms with Crippen LogP contribution in [0.2, 0.25) is 0 Å². The molecule has 1 aliphatic heterocycles. The maximum absolute atomic E-state index is 12.5. The molecule has 0 atom stereocenters. The van der Waals surface area contributed by atoms with Crippen LogP contribution in [0.4, 0.5) is 17.1 Å². The van der Waals surface area contributed by atoms with Crippen LogP contribution in [0.5, 0.6) is 5.75 Å². The van der Waals surface area contributed by atoms with Gasteiger partial charge in [0.1, 0.15) is 0 Å². The lowest BCUT2D eigenvalue weighted by atomic mass is 10.1. The number of fused-ring (bicyclic) bond motifs is 1. The van der Waals surface area contributed by atoms with Crippen molar-refractivity contribution in [3.8, 4) is 5.75 Å². The summed E-state index contributed by atoms with van der Waals surface area (Å²) in [6.07, 6.45) is 1.00. The summed E-state index contributed by atoms with van der Waals surface area (Å²) in [5, 5.41) is 14.0. The summed E-state index contributed by atoms with van der Waals surface area (Å²) in [5.74, 6) is -0.234. The summed E-state index contributed by atoms with van der Waals surface area (Å²) >= 11 is 0. The number of carbonyl (C=O) groups is 1. The standard InChI is InChI=1S/C19H21N3O4/c1-3-21-10-9-13-5-7-15(12-16(13)21)20-19(23)14-6-8-18(26-4-2)17(11-14)22(24)25/h5-8,11-12H,3-4,9-10H2,1-2H3,(H,20,23). The topological polar surface area (TPSA) is 84.7 Å². The van der Waals surface area contributed by atoms with Gasteiger partial charge in [-0.15, -0.1) is 0 Å². The number of nitro benzene ring substituents is 1. The van der Waals surface area contributed by atoms with E-state index in [1.165, 1.54) is 23.8 Å². The Morgan fingerprint density at radius 2 is 2.08 bits per heavy atom. The maximum atomic E-state index is 12.5. The normalized spacial score (nSPS) is 12.6. The van der Waals surface area contributed by atoms with Gasteiger partial charge in [-0.1, -0.05) is 6.07 Å². The minimum atomic E-state index is -0.545. The second-order valence-electron chi connectivity index (χ2n) is 6.00. The number of hydrogen-bond acceptors (Lipinski definition) is 5. The van der Waals surface area contributed by atoms with Gasteiger partial charge in [0.15, 0.2) is 5.75 Å². The second kappa shape index (κ2) is 7.43. The SMILES string of the molecule is CCOc1ccc(C(=O)Nc2ccc3c(c2)N(CC)CC3)cc1[N+](=O)[O-]. The molecule has 1 amide bonds. The third-order valence-electron chi connectivity index (χ3n) is 4.43. The van der Waals surface area contributed by atoms with E-state index in [1.807, 2.05) is 18.2 Å². The fraction of sp³-hybridized carbons (Fsp3) is 0.316. The number of carbonyl (C=O) groups excluding carboxylic acids is 1. The zero-order valence-electron chi connectivity index (χ0n) is 14.8. The predicted octanol–water partition coefficient (Wildman–Crippen LogP) is 3.63. The molecule has 0 spiro atoms. The Balaban J connectivity index is 1.82. The minimum Gasteiger partial charge on any atom is -0.487 e. The molecule has 3 rings (SSSR count). The maximum Gasteiger partial charge on any atom is 0.311 e. The van der Waals surface area contributed by atoms with Crippen LogP contribution in [0.15, 0.2) is 36.4 Å². The average molecular weight is 355 g/mol. The Morgan fingerprint density at radius 3 is 2.77 bits per heavy atom. The van der Waals surface area contributed by atoms with Crippen molar-refractivity contribution in [2.75, 3.05) is 29.9 Å². The first kappa shape index (κ1) is 17.7. The van der Waals surface area contributed by atoms with E-state index in [4.69, 9.17) is 4.74 Å². The molecule has 2 aromatic carbocycles. The lowest BCUT2D eigenvalue weighted by Gasteiger charge is -2.17. The van der Waals surface area contributed by atoms with Gasteiger partial charge >= 0.3 is 5.69 Å². The molecule has 7 heteroatoms. The van der Waals surface area contributed by atoms with Gasteiger partial charge in [0.2, 0.25) is 0 Å². The Hall–Kier alpha value is -3.09. The molecule has 136 valence electrons. The van der Waals surface area contributed by atoms with Crippen molar-refractivity contribution >= 4 is 23.0 Å². The Kier molecular flexibility index (Phi) is 5.06. The Bertz CT molecular complexity index is 851.